The molecule has 0 aliphatic rings. The lowest BCUT2D eigenvalue weighted by Gasteiger charge is -2.17. The van der Waals surface area contributed by atoms with E-state index in [-0.39, 0.29) is 12.5 Å². The Morgan fingerprint density at radius 3 is 2.07 bits per heavy atom. The number of rotatable bonds is 7. The second kappa shape index (κ2) is 7.09. The third-order valence-electron chi connectivity index (χ3n) is 2.52. The molecule has 15 heavy (non-hydrogen) atoms. The third kappa shape index (κ3) is 10.0. The van der Waals surface area contributed by atoms with E-state index in [4.69, 9.17) is 0 Å². The summed E-state index contributed by atoms with van der Waals surface area (Å²) in [7, 11) is 1.73. The van der Waals surface area contributed by atoms with Crippen LogP contribution in [0.1, 0.15) is 46.0 Å². The van der Waals surface area contributed by atoms with Gasteiger partial charge in [0.2, 0.25) is 0 Å². The molecular weight excluding hydrogens is 203 g/mol. The summed E-state index contributed by atoms with van der Waals surface area (Å²) in [5.74, 6) is 0.630. The summed E-state index contributed by atoms with van der Waals surface area (Å²) in [5.41, 5.74) is 0. The van der Waals surface area contributed by atoms with E-state index in [1.807, 2.05) is 0 Å². The molecule has 1 atom stereocenters. The van der Waals surface area contributed by atoms with E-state index in [0.29, 0.717) is 5.92 Å². The molecule has 0 bridgehead atoms. The molecule has 0 amide bonds. The minimum Gasteiger partial charge on any atom is -0.317 e. The number of halogens is 3. The summed E-state index contributed by atoms with van der Waals surface area (Å²) >= 11 is 0. The summed E-state index contributed by atoms with van der Waals surface area (Å²) in [4.78, 5) is 0. The Kier molecular flexibility index (Phi) is 6.98. The smallest absolute Gasteiger partial charge is 0.317 e. The molecule has 0 rings (SSSR count). The van der Waals surface area contributed by atoms with E-state index in [1.54, 1.807) is 7.05 Å². The van der Waals surface area contributed by atoms with Gasteiger partial charge in [0, 0.05) is 12.5 Å². The Hall–Kier alpha value is -0.250. The molecule has 0 aromatic rings. The topological polar surface area (TPSA) is 12.0 Å². The van der Waals surface area contributed by atoms with Crippen LogP contribution in [0.5, 0.6) is 0 Å². The van der Waals surface area contributed by atoms with E-state index in [9.17, 15) is 13.2 Å². The van der Waals surface area contributed by atoms with Gasteiger partial charge < -0.3 is 5.32 Å². The molecule has 0 radical (unpaired) electrons. The maximum atomic E-state index is 12.0. The average Bonchev–Trinajstić information content (AvgIpc) is 2.08. The fourth-order valence-corrected chi connectivity index (χ4v) is 1.54. The molecule has 0 aromatic heterocycles. The Morgan fingerprint density at radius 1 is 1.07 bits per heavy atom. The first-order valence-corrected chi connectivity index (χ1v) is 5.59. The minimum atomic E-state index is -4.02. The van der Waals surface area contributed by atoms with Crippen LogP contribution in [-0.2, 0) is 0 Å². The molecule has 0 fully saturated rings. The second-order valence-electron chi connectivity index (χ2n) is 4.46. The molecule has 0 aliphatic heterocycles. The fraction of sp³-hybridized carbons (Fsp3) is 1.00. The van der Waals surface area contributed by atoms with Gasteiger partial charge >= 0.3 is 6.18 Å². The molecule has 0 heterocycles. The first kappa shape index (κ1) is 14.8. The van der Waals surface area contributed by atoms with Crippen LogP contribution >= 0.6 is 0 Å². The van der Waals surface area contributed by atoms with Gasteiger partial charge in [-0.3, -0.25) is 0 Å². The Balaban J connectivity index is 3.64. The Bertz CT molecular complexity index is 154. The van der Waals surface area contributed by atoms with Gasteiger partial charge in [0.15, 0.2) is 0 Å². The summed E-state index contributed by atoms with van der Waals surface area (Å²) in [5, 5.41) is 2.95. The zero-order valence-corrected chi connectivity index (χ0v) is 9.82. The van der Waals surface area contributed by atoms with Gasteiger partial charge in [-0.1, -0.05) is 26.7 Å². The van der Waals surface area contributed by atoms with Crippen LogP contribution in [0.15, 0.2) is 0 Å². The molecule has 0 saturated heterocycles. The van der Waals surface area contributed by atoms with Crippen molar-refractivity contribution >= 4 is 0 Å². The van der Waals surface area contributed by atoms with Crippen LogP contribution in [0.25, 0.3) is 0 Å². The molecule has 1 unspecified atom stereocenters. The van der Waals surface area contributed by atoms with Crippen molar-refractivity contribution in [2.45, 2.75) is 58.2 Å². The van der Waals surface area contributed by atoms with Crippen LogP contribution in [0.2, 0.25) is 0 Å². The molecule has 0 spiro atoms. The van der Waals surface area contributed by atoms with Crippen LogP contribution < -0.4 is 5.32 Å². The first-order chi connectivity index (χ1) is 6.85. The lowest BCUT2D eigenvalue weighted by molar-refractivity contribution is -0.136. The predicted octanol–water partition coefficient (Wildman–Crippen LogP) is 3.74. The van der Waals surface area contributed by atoms with E-state index < -0.39 is 12.6 Å². The van der Waals surface area contributed by atoms with Crippen LogP contribution in [0.3, 0.4) is 0 Å². The standard InChI is InChI=1S/C11H22F3N/c1-9(2)5-4-6-10(15-3)7-8-11(12,13)14/h9-10,15H,4-8H2,1-3H3. The quantitative estimate of drug-likeness (QED) is 0.696. The highest BCUT2D eigenvalue weighted by Gasteiger charge is 2.27. The largest absolute Gasteiger partial charge is 0.389 e. The van der Waals surface area contributed by atoms with Crippen molar-refractivity contribution < 1.29 is 13.2 Å². The molecule has 1 N–H and O–H groups in total. The lowest BCUT2D eigenvalue weighted by atomic mass is 10.0. The Morgan fingerprint density at radius 2 is 1.67 bits per heavy atom. The summed E-state index contributed by atoms with van der Waals surface area (Å²) in [6, 6.07) is 0.00498. The number of alkyl halides is 3. The molecular formula is C11H22F3N. The van der Waals surface area contributed by atoms with Crippen molar-refractivity contribution in [3.63, 3.8) is 0 Å². The second-order valence-corrected chi connectivity index (χ2v) is 4.46. The maximum absolute atomic E-state index is 12.0. The van der Waals surface area contributed by atoms with Gasteiger partial charge in [0.25, 0.3) is 0 Å². The van der Waals surface area contributed by atoms with Crippen molar-refractivity contribution in [3.8, 4) is 0 Å². The third-order valence-corrected chi connectivity index (χ3v) is 2.52. The van der Waals surface area contributed by atoms with Crippen LogP contribution in [-0.4, -0.2) is 19.3 Å². The van der Waals surface area contributed by atoms with Crippen LogP contribution in [0.4, 0.5) is 13.2 Å². The van der Waals surface area contributed by atoms with Crippen molar-refractivity contribution in [1.29, 1.82) is 0 Å². The summed E-state index contributed by atoms with van der Waals surface area (Å²) < 4.78 is 35.9. The lowest BCUT2D eigenvalue weighted by Crippen LogP contribution is -2.27. The maximum Gasteiger partial charge on any atom is 0.389 e. The average molecular weight is 225 g/mol. The van der Waals surface area contributed by atoms with Crippen molar-refractivity contribution in [2.75, 3.05) is 7.05 Å². The molecule has 92 valence electrons. The molecule has 0 saturated carbocycles. The minimum absolute atomic E-state index is 0.00498. The van der Waals surface area contributed by atoms with Gasteiger partial charge in [-0.2, -0.15) is 13.2 Å². The number of nitrogens with one attached hydrogen (secondary N) is 1. The van der Waals surface area contributed by atoms with E-state index in [1.165, 1.54) is 0 Å². The van der Waals surface area contributed by atoms with Gasteiger partial charge in [-0.05, 0) is 25.8 Å². The summed E-state index contributed by atoms with van der Waals surface area (Å²) in [6.07, 6.45) is -1.58. The zero-order valence-electron chi connectivity index (χ0n) is 9.82. The molecule has 0 aliphatic carbocycles. The van der Waals surface area contributed by atoms with Crippen LogP contribution in [0, 0.1) is 5.92 Å². The Labute approximate surface area is 90.4 Å². The highest BCUT2D eigenvalue weighted by Crippen LogP contribution is 2.23. The van der Waals surface area contributed by atoms with Crippen molar-refractivity contribution in [2.24, 2.45) is 5.92 Å². The van der Waals surface area contributed by atoms with Gasteiger partial charge in [0.05, 0.1) is 0 Å². The molecule has 0 aromatic carbocycles. The number of hydrogen-bond donors (Lipinski definition) is 1. The van der Waals surface area contributed by atoms with Gasteiger partial charge in [-0.15, -0.1) is 0 Å². The first-order valence-electron chi connectivity index (χ1n) is 5.59. The zero-order chi connectivity index (χ0) is 11.9. The van der Waals surface area contributed by atoms with E-state index in [0.717, 1.165) is 19.3 Å². The fourth-order valence-electron chi connectivity index (χ4n) is 1.54. The molecule has 1 nitrogen and oxygen atoms in total. The number of hydrogen-bond acceptors (Lipinski definition) is 1. The summed E-state index contributed by atoms with van der Waals surface area (Å²) in [6.45, 7) is 4.26. The van der Waals surface area contributed by atoms with Crippen molar-refractivity contribution in [3.05, 3.63) is 0 Å². The normalized spacial score (nSPS) is 14.6. The predicted molar refractivity (Wildman–Crippen MR) is 56.8 cm³/mol. The highest BCUT2D eigenvalue weighted by molar-refractivity contribution is 4.67. The van der Waals surface area contributed by atoms with E-state index in [2.05, 4.69) is 19.2 Å². The molecule has 4 heteroatoms. The monoisotopic (exact) mass is 225 g/mol. The van der Waals surface area contributed by atoms with E-state index >= 15 is 0 Å². The highest BCUT2D eigenvalue weighted by atomic mass is 19.4. The van der Waals surface area contributed by atoms with Crippen molar-refractivity contribution in [1.82, 2.24) is 5.32 Å². The SMILES string of the molecule is CNC(CCCC(C)C)CCC(F)(F)F. The van der Waals surface area contributed by atoms with Gasteiger partial charge in [-0.25, -0.2) is 0 Å². The van der Waals surface area contributed by atoms with Gasteiger partial charge in [0.1, 0.15) is 0 Å².